The third kappa shape index (κ3) is 3.29. The Kier molecular flexibility index (Phi) is 3.52. The zero-order valence-corrected chi connectivity index (χ0v) is 8.04. The number of hydrogen-bond donors (Lipinski definition) is 3. The molecule has 0 amide bonds. The number of hydrogen-bond acceptors (Lipinski definition) is 4. The largest absolute Gasteiger partial charge is 0.370 e. The summed E-state index contributed by atoms with van der Waals surface area (Å²) in [5, 5.41) is 3.21. The van der Waals surface area contributed by atoms with Crippen LogP contribution in [0.5, 0.6) is 0 Å². The molecule has 4 nitrogen and oxygen atoms in total. The molecule has 4 N–H and O–H groups in total. The maximum absolute atomic E-state index is 5.23. The molecule has 1 rings (SSSR count). The van der Waals surface area contributed by atoms with E-state index in [9.17, 15) is 0 Å². The van der Waals surface area contributed by atoms with Crippen LogP contribution in [0.4, 0.5) is 11.6 Å². The summed E-state index contributed by atoms with van der Waals surface area (Å²) in [7, 11) is 0. The van der Waals surface area contributed by atoms with Crippen molar-refractivity contribution in [2.75, 3.05) is 17.3 Å². The number of nitrogens with zero attached hydrogens (tertiary/aromatic N) is 1. The first-order chi connectivity index (χ1) is 6.22. The summed E-state index contributed by atoms with van der Waals surface area (Å²) in [6.07, 6.45) is 0. The van der Waals surface area contributed by atoms with Crippen LogP contribution >= 0.6 is 0 Å². The van der Waals surface area contributed by atoms with Crippen LogP contribution in [0.25, 0.3) is 0 Å². The molecule has 0 spiro atoms. The number of nitrogen functional groups attached to an aromatic ring is 1. The summed E-state index contributed by atoms with van der Waals surface area (Å²) in [4.78, 5) is 4.22. The molecule has 1 aromatic rings. The van der Waals surface area contributed by atoms with E-state index in [1.165, 1.54) is 0 Å². The fraction of sp³-hybridized carbons (Fsp3) is 0.444. The molecule has 0 aliphatic carbocycles. The van der Waals surface area contributed by atoms with Gasteiger partial charge in [-0.2, -0.15) is 0 Å². The minimum absolute atomic E-state index is 0.608. The molecule has 0 bridgehead atoms. The Morgan fingerprint density at radius 3 is 2.69 bits per heavy atom. The second-order valence-electron chi connectivity index (χ2n) is 3.33. The monoisotopic (exact) mass is 180 g/mol. The number of aromatic nitrogens is 1. The first kappa shape index (κ1) is 9.80. The van der Waals surface area contributed by atoms with Gasteiger partial charge in [0, 0.05) is 6.54 Å². The van der Waals surface area contributed by atoms with Gasteiger partial charge in [-0.3, -0.25) is 0 Å². The molecule has 0 aliphatic heterocycles. The average Bonchev–Trinajstić information content (AvgIpc) is 2.15. The van der Waals surface area contributed by atoms with Gasteiger partial charge >= 0.3 is 0 Å². The van der Waals surface area contributed by atoms with Crippen molar-refractivity contribution in [3.8, 4) is 0 Å². The fourth-order valence-corrected chi connectivity index (χ4v) is 0.922. The van der Waals surface area contributed by atoms with Gasteiger partial charge in [-0.15, -0.1) is 0 Å². The van der Waals surface area contributed by atoms with Gasteiger partial charge in [0.2, 0.25) is 0 Å². The van der Waals surface area contributed by atoms with Gasteiger partial charge in [0.1, 0.15) is 11.6 Å². The molecule has 1 aromatic heterocycles. The molecular formula is C9H16N4. The highest BCUT2D eigenvalue weighted by atomic mass is 15.3. The van der Waals surface area contributed by atoms with E-state index in [1.807, 2.05) is 18.2 Å². The van der Waals surface area contributed by atoms with E-state index in [1.54, 1.807) is 0 Å². The Bertz CT molecular complexity index is 260. The number of nitrogens with one attached hydrogen (secondary N) is 2. The minimum atomic E-state index is 0.608. The second kappa shape index (κ2) is 4.67. The van der Waals surface area contributed by atoms with Crippen molar-refractivity contribution < 1.29 is 0 Å². The third-order valence-corrected chi connectivity index (χ3v) is 1.59. The fourth-order valence-electron chi connectivity index (χ4n) is 0.922. The van der Waals surface area contributed by atoms with E-state index >= 15 is 0 Å². The highest BCUT2D eigenvalue weighted by Gasteiger charge is 1.96. The summed E-state index contributed by atoms with van der Waals surface area (Å²) in [5.74, 6) is 7.37. The zero-order valence-electron chi connectivity index (χ0n) is 8.04. The van der Waals surface area contributed by atoms with Crippen LogP contribution in [0, 0.1) is 5.92 Å². The first-order valence-electron chi connectivity index (χ1n) is 4.40. The Balaban J connectivity index is 2.56. The lowest BCUT2D eigenvalue weighted by Crippen LogP contribution is -2.12. The lowest BCUT2D eigenvalue weighted by Gasteiger charge is -2.08. The molecule has 0 saturated heterocycles. The maximum Gasteiger partial charge on any atom is 0.142 e. The molecule has 0 atom stereocenters. The number of anilines is 2. The predicted octanol–water partition coefficient (Wildman–Crippen LogP) is 1.44. The van der Waals surface area contributed by atoms with Gasteiger partial charge in [0.25, 0.3) is 0 Å². The summed E-state index contributed by atoms with van der Waals surface area (Å²) in [6.45, 7) is 5.22. The van der Waals surface area contributed by atoms with Crippen molar-refractivity contribution in [1.29, 1.82) is 0 Å². The van der Waals surface area contributed by atoms with E-state index in [2.05, 4.69) is 29.6 Å². The Morgan fingerprint density at radius 1 is 1.38 bits per heavy atom. The third-order valence-electron chi connectivity index (χ3n) is 1.59. The molecule has 0 saturated carbocycles. The number of rotatable bonds is 4. The van der Waals surface area contributed by atoms with Gasteiger partial charge in [-0.25, -0.2) is 10.8 Å². The van der Waals surface area contributed by atoms with Crippen LogP contribution in [0.1, 0.15) is 13.8 Å². The highest BCUT2D eigenvalue weighted by Crippen LogP contribution is 2.08. The normalized spacial score (nSPS) is 10.2. The Morgan fingerprint density at radius 2 is 2.08 bits per heavy atom. The van der Waals surface area contributed by atoms with Gasteiger partial charge < -0.3 is 10.7 Å². The molecule has 0 aliphatic rings. The van der Waals surface area contributed by atoms with Crippen molar-refractivity contribution in [2.24, 2.45) is 11.8 Å². The Labute approximate surface area is 78.5 Å². The zero-order chi connectivity index (χ0) is 9.68. The van der Waals surface area contributed by atoms with Crippen LogP contribution in [0.2, 0.25) is 0 Å². The average molecular weight is 180 g/mol. The minimum Gasteiger partial charge on any atom is -0.370 e. The highest BCUT2D eigenvalue weighted by molar-refractivity contribution is 5.44. The van der Waals surface area contributed by atoms with E-state index in [4.69, 9.17) is 5.84 Å². The van der Waals surface area contributed by atoms with Crippen molar-refractivity contribution in [3.63, 3.8) is 0 Å². The lowest BCUT2D eigenvalue weighted by atomic mass is 10.2. The summed E-state index contributed by atoms with van der Waals surface area (Å²) in [5.41, 5.74) is 2.50. The van der Waals surface area contributed by atoms with E-state index in [0.29, 0.717) is 11.7 Å². The van der Waals surface area contributed by atoms with Crippen molar-refractivity contribution in [2.45, 2.75) is 13.8 Å². The van der Waals surface area contributed by atoms with Crippen LogP contribution in [-0.2, 0) is 0 Å². The molecular weight excluding hydrogens is 164 g/mol. The van der Waals surface area contributed by atoms with Crippen molar-refractivity contribution in [1.82, 2.24) is 4.98 Å². The molecule has 0 radical (unpaired) electrons. The Hall–Kier alpha value is -1.29. The van der Waals surface area contributed by atoms with Gasteiger partial charge in [0.05, 0.1) is 0 Å². The van der Waals surface area contributed by atoms with Gasteiger partial charge in [-0.1, -0.05) is 19.9 Å². The SMILES string of the molecule is CC(C)CNc1cccc(NN)n1. The van der Waals surface area contributed by atoms with Crippen LogP contribution < -0.4 is 16.6 Å². The molecule has 1 heterocycles. The number of pyridine rings is 1. The molecule has 4 heteroatoms. The van der Waals surface area contributed by atoms with Crippen LogP contribution in [0.15, 0.2) is 18.2 Å². The van der Waals surface area contributed by atoms with Crippen LogP contribution in [0.3, 0.4) is 0 Å². The van der Waals surface area contributed by atoms with Gasteiger partial charge in [0.15, 0.2) is 0 Å². The molecule has 0 unspecified atom stereocenters. The first-order valence-corrected chi connectivity index (χ1v) is 4.40. The van der Waals surface area contributed by atoms with Gasteiger partial charge in [-0.05, 0) is 18.1 Å². The summed E-state index contributed by atoms with van der Waals surface area (Å²) >= 11 is 0. The lowest BCUT2D eigenvalue weighted by molar-refractivity contribution is 0.687. The summed E-state index contributed by atoms with van der Waals surface area (Å²) in [6, 6.07) is 5.65. The number of nitrogens with two attached hydrogens (primary N) is 1. The van der Waals surface area contributed by atoms with Crippen molar-refractivity contribution >= 4 is 11.6 Å². The van der Waals surface area contributed by atoms with Crippen LogP contribution in [-0.4, -0.2) is 11.5 Å². The molecule has 72 valence electrons. The molecule has 0 fully saturated rings. The van der Waals surface area contributed by atoms with E-state index in [-0.39, 0.29) is 0 Å². The smallest absolute Gasteiger partial charge is 0.142 e. The molecule has 0 aromatic carbocycles. The second-order valence-corrected chi connectivity index (χ2v) is 3.33. The van der Waals surface area contributed by atoms with E-state index in [0.717, 1.165) is 12.4 Å². The quantitative estimate of drug-likeness (QED) is 0.484. The van der Waals surface area contributed by atoms with Crippen molar-refractivity contribution in [3.05, 3.63) is 18.2 Å². The van der Waals surface area contributed by atoms with E-state index < -0.39 is 0 Å². The number of hydrazine groups is 1. The maximum atomic E-state index is 5.23. The predicted molar refractivity (Wildman–Crippen MR) is 55.4 cm³/mol. The molecule has 13 heavy (non-hydrogen) atoms. The standard InChI is InChI=1S/C9H16N4/c1-7(2)6-11-8-4-3-5-9(12-8)13-10/h3-5,7H,6,10H2,1-2H3,(H2,11,12,13). The summed E-state index contributed by atoms with van der Waals surface area (Å²) < 4.78 is 0. The topological polar surface area (TPSA) is 63.0 Å².